The van der Waals surface area contributed by atoms with Crippen LogP contribution in [0.15, 0.2) is 42.5 Å². The molecule has 0 fully saturated rings. The van der Waals surface area contributed by atoms with Crippen molar-refractivity contribution in [3.05, 3.63) is 59.4 Å². The maximum absolute atomic E-state index is 13.4. The first-order valence-corrected chi connectivity index (χ1v) is 8.02. The van der Waals surface area contributed by atoms with Crippen LogP contribution in [0.2, 0.25) is 0 Å². The number of halogens is 1. The second-order valence-corrected chi connectivity index (χ2v) is 6.01. The van der Waals surface area contributed by atoms with Gasteiger partial charge in [0, 0.05) is 17.7 Å². The van der Waals surface area contributed by atoms with Crippen molar-refractivity contribution in [1.29, 1.82) is 0 Å². The van der Waals surface area contributed by atoms with Crippen molar-refractivity contribution in [2.24, 2.45) is 0 Å². The van der Waals surface area contributed by atoms with Crippen molar-refractivity contribution >= 4 is 17.5 Å². The van der Waals surface area contributed by atoms with Gasteiger partial charge >= 0.3 is 0 Å². The van der Waals surface area contributed by atoms with Crippen LogP contribution in [0.25, 0.3) is 0 Å². The Bertz CT molecular complexity index is 822. The fourth-order valence-electron chi connectivity index (χ4n) is 3.09. The summed E-state index contributed by atoms with van der Waals surface area (Å²) in [6, 6.07) is 11.2. The van der Waals surface area contributed by atoms with E-state index in [1.165, 1.54) is 12.1 Å². The Kier molecular flexibility index (Phi) is 4.70. The molecule has 2 amide bonds. The molecule has 0 saturated carbocycles. The molecule has 1 heterocycles. The van der Waals surface area contributed by atoms with Crippen LogP contribution in [-0.4, -0.2) is 18.9 Å². The van der Waals surface area contributed by atoms with E-state index in [1.807, 2.05) is 31.2 Å². The minimum absolute atomic E-state index is 0.0309. The average Bonchev–Trinajstić information content (AvgIpc) is 2.60. The van der Waals surface area contributed by atoms with Gasteiger partial charge in [-0.15, -0.1) is 0 Å². The molecular weight excluding hydrogens is 323 g/mol. The first kappa shape index (κ1) is 17.0. The number of carbonyl (C=O) groups excluding carboxylic acids is 2. The van der Waals surface area contributed by atoms with Crippen molar-refractivity contribution in [3.63, 3.8) is 0 Å². The fraction of sp³-hybridized carbons (Fsp3) is 0.263. The number of rotatable bonds is 4. The highest BCUT2D eigenvalue weighted by molar-refractivity contribution is 6.01. The molecule has 0 radical (unpaired) electrons. The normalized spacial score (nSPS) is 17.2. The van der Waals surface area contributed by atoms with Crippen molar-refractivity contribution in [1.82, 2.24) is 5.32 Å². The summed E-state index contributed by atoms with van der Waals surface area (Å²) in [4.78, 5) is 24.6. The molecule has 0 aliphatic carbocycles. The van der Waals surface area contributed by atoms with Gasteiger partial charge in [0.15, 0.2) is 0 Å². The Morgan fingerprint density at radius 2 is 2.08 bits per heavy atom. The summed E-state index contributed by atoms with van der Waals surface area (Å²) in [5, 5.41) is 5.53. The standard InChI is InChI=1S/C19H19FN2O3/c1-11(13-5-3-4-6-17(13)25-2)21-19(24)15-10-18(23)22-16-9-12(20)7-8-14(15)16/h3-9,11,15H,10H2,1-2H3,(H,21,24)(H,22,23). The van der Waals surface area contributed by atoms with Crippen LogP contribution in [0.4, 0.5) is 10.1 Å². The minimum Gasteiger partial charge on any atom is -0.496 e. The summed E-state index contributed by atoms with van der Waals surface area (Å²) in [6.07, 6.45) is 0.0309. The SMILES string of the molecule is COc1ccccc1C(C)NC(=O)C1CC(=O)Nc2cc(F)ccc21. The van der Waals surface area contributed by atoms with E-state index < -0.39 is 11.7 Å². The van der Waals surface area contributed by atoms with Crippen LogP contribution in [0, 0.1) is 5.82 Å². The van der Waals surface area contributed by atoms with Crippen LogP contribution in [0.1, 0.15) is 36.4 Å². The lowest BCUT2D eigenvalue weighted by molar-refractivity contribution is -0.126. The first-order valence-electron chi connectivity index (χ1n) is 8.02. The quantitative estimate of drug-likeness (QED) is 0.897. The van der Waals surface area contributed by atoms with Crippen molar-refractivity contribution in [2.45, 2.75) is 25.3 Å². The van der Waals surface area contributed by atoms with Crippen LogP contribution in [-0.2, 0) is 9.59 Å². The van der Waals surface area contributed by atoms with E-state index in [-0.39, 0.29) is 24.3 Å². The molecule has 1 aliphatic heterocycles. The Morgan fingerprint density at radius 3 is 2.84 bits per heavy atom. The molecule has 0 aromatic heterocycles. The van der Waals surface area contributed by atoms with Crippen LogP contribution in [0.3, 0.4) is 0 Å². The monoisotopic (exact) mass is 342 g/mol. The number of para-hydroxylation sites is 1. The van der Waals surface area contributed by atoms with Crippen LogP contribution in [0.5, 0.6) is 5.75 Å². The number of benzene rings is 2. The molecule has 2 aromatic carbocycles. The molecule has 130 valence electrons. The summed E-state index contributed by atoms with van der Waals surface area (Å²) >= 11 is 0. The zero-order valence-electron chi connectivity index (χ0n) is 14.0. The van der Waals surface area contributed by atoms with Gasteiger partial charge in [-0.25, -0.2) is 4.39 Å². The van der Waals surface area contributed by atoms with E-state index in [0.29, 0.717) is 17.0 Å². The van der Waals surface area contributed by atoms with Crippen molar-refractivity contribution < 1.29 is 18.7 Å². The van der Waals surface area contributed by atoms with Gasteiger partial charge in [-0.2, -0.15) is 0 Å². The molecule has 0 saturated heterocycles. The predicted octanol–water partition coefficient (Wildman–Crippen LogP) is 3.14. The predicted molar refractivity (Wildman–Crippen MR) is 91.9 cm³/mol. The molecule has 2 aromatic rings. The highest BCUT2D eigenvalue weighted by Crippen LogP contribution is 2.34. The highest BCUT2D eigenvalue weighted by Gasteiger charge is 2.31. The van der Waals surface area contributed by atoms with Gasteiger partial charge in [0.2, 0.25) is 11.8 Å². The van der Waals surface area contributed by atoms with Gasteiger partial charge in [0.05, 0.1) is 19.1 Å². The lowest BCUT2D eigenvalue weighted by atomic mass is 9.89. The maximum atomic E-state index is 13.4. The van der Waals surface area contributed by atoms with E-state index in [9.17, 15) is 14.0 Å². The fourth-order valence-corrected chi connectivity index (χ4v) is 3.09. The zero-order valence-corrected chi connectivity index (χ0v) is 14.0. The van der Waals surface area contributed by atoms with Crippen molar-refractivity contribution in [3.8, 4) is 5.75 Å². The molecule has 25 heavy (non-hydrogen) atoms. The molecule has 2 atom stereocenters. The average molecular weight is 342 g/mol. The number of nitrogens with one attached hydrogen (secondary N) is 2. The van der Waals surface area contributed by atoms with E-state index in [2.05, 4.69) is 10.6 Å². The number of methoxy groups -OCH3 is 1. The third-order valence-corrected chi connectivity index (χ3v) is 4.34. The van der Waals surface area contributed by atoms with E-state index in [4.69, 9.17) is 4.74 Å². The van der Waals surface area contributed by atoms with Gasteiger partial charge in [0.25, 0.3) is 0 Å². The van der Waals surface area contributed by atoms with E-state index >= 15 is 0 Å². The van der Waals surface area contributed by atoms with E-state index in [1.54, 1.807) is 13.2 Å². The molecule has 0 bridgehead atoms. The first-order chi connectivity index (χ1) is 12.0. The highest BCUT2D eigenvalue weighted by atomic mass is 19.1. The topological polar surface area (TPSA) is 67.4 Å². The second kappa shape index (κ2) is 6.93. The summed E-state index contributed by atoms with van der Waals surface area (Å²) in [5.41, 5.74) is 1.81. The number of amides is 2. The molecule has 2 unspecified atom stereocenters. The summed E-state index contributed by atoms with van der Waals surface area (Å²) in [5.74, 6) is -1.01. The Labute approximate surface area is 145 Å². The van der Waals surface area contributed by atoms with E-state index in [0.717, 1.165) is 5.56 Å². The second-order valence-electron chi connectivity index (χ2n) is 6.01. The maximum Gasteiger partial charge on any atom is 0.228 e. The van der Waals surface area contributed by atoms with Crippen LogP contribution >= 0.6 is 0 Å². The Morgan fingerprint density at radius 1 is 1.32 bits per heavy atom. The summed E-state index contributed by atoms with van der Waals surface area (Å²) < 4.78 is 18.7. The molecule has 5 nitrogen and oxygen atoms in total. The summed E-state index contributed by atoms with van der Waals surface area (Å²) in [7, 11) is 1.57. The molecule has 6 heteroatoms. The van der Waals surface area contributed by atoms with Gasteiger partial charge in [-0.05, 0) is 30.7 Å². The molecule has 1 aliphatic rings. The Balaban J connectivity index is 1.83. The number of fused-ring (bicyclic) bond motifs is 1. The lowest BCUT2D eigenvalue weighted by Crippen LogP contribution is -2.36. The molecular formula is C19H19FN2O3. The summed E-state index contributed by atoms with van der Waals surface area (Å²) in [6.45, 7) is 1.85. The third kappa shape index (κ3) is 3.47. The Hall–Kier alpha value is -2.89. The van der Waals surface area contributed by atoms with Gasteiger partial charge < -0.3 is 15.4 Å². The number of carbonyl (C=O) groups is 2. The molecule has 0 spiro atoms. The van der Waals surface area contributed by atoms with Gasteiger partial charge in [-0.3, -0.25) is 9.59 Å². The number of anilines is 1. The zero-order chi connectivity index (χ0) is 18.0. The lowest BCUT2D eigenvalue weighted by Gasteiger charge is -2.26. The van der Waals surface area contributed by atoms with Crippen LogP contribution < -0.4 is 15.4 Å². The van der Waals surface area contributed by atoms with Crippen molar-refractivity contribution in [2.75, 3.05) is 12.4 Å². The molecule has 2 N–H and O–H groups in total. The third-order valence-electron chi connectivity index (χ3n) is 4.34. The number of ether oxygens (including phenoxy) is 1. The van der Waals surface area contributed by atoms with Gasteiger partial charge in [0.1, 0.15) is 11.6 Å². The molecule has 3 rings (SSSR count). The minimum atomic E-state index is -0.651. The number of hydrogen-bond donors (Lipinski definition) is 2. The largest absolute Gasteiger partial charge is 0.496 e. The number of hydrogen-bond acceptors (Lipinski definition) is 3. The smallest absolute Gasteiger partial charge is 0.228 e. The van der Waals surface area contributed by atoms with Gasteiger partial charge in [-0.1, -0.05) is 24.3 Å².